The van der Waals surface area contributed by atoms with Crippen LogP contribution in [0.1, 0.15) is 29.8 Å². The summed E-state index contributed by atoms with van der Waals surface area (Å²) in [4.78, 5) is 4.26. The van der Waals surface area contributed by atoms with Crippen LogP contribution in [-0.2, 0) is 6.54 Å². The van der Waals surface area contributed by atoms with Crippen LogP contribution in [0.3, 0.4) is 0 Å². The lowest BCUT2D eigenvalue weighted by Crippen LogP contribution is -2.20. The van der Waals surface area contributed by atoms with E-state index < -0.39 is 12.4 Å². The molecule has 1 unspecified atom stereocenters. The zero-order valence-electron chi connectivity index (χ0n) is 12.3. The monoisotopic (exact) mass is 310 g/mol. The number of hydrogen-bond donors (Lipinski definition) is 1. The van der Waals surface area contributed by atoms with Crippen molar-refractivity contribution in [2.75, 3.05) is 0 Å². The molecule has 0 radical (unpaired) electrons. The highest BCUT2D eigenvalue weighted by molar-refractivity contribution is 5.36. The second-order valence-electron chi connectivity index (χ2n) is 4.93. The van der Waals surface area contributed by atoms with E-state index in [-0.39, 0.29) is 11.8 Å². The Morgan fingerprint density at radius 3 is 2.73 bits per heavy atom. The van der Waals surface area contributed by atoms with E-state index in [2.05, 4.69) is 15.0 Å². The van der Waals surface area contributed by atoms with Gasteiger partial charge in [-0.1, -0.05) is 12.1 Å². The van der Waals surface area contributed by atoms with Gasteiger partial charge in [0.15, 0.2) is 0 Å². The highest BCUT2D eigenvalue weighted by atomic mass is 19.3. The maximum Gasteiger partial charge on any atom is 0.387 e. The minimum Gasteiger partial charge on any atom is -0.434 e. The summed E-state index contributed by atoms with van der Waals surface area (Å²) >= 11 is 0. The van der Waals surface area contributed by atoms with Crippen LogP contribution < -0.4 is 10.1 Å². The molecule has 22 heavy (non-hydrogen) atoms. The lowest BCUT2D eigenvalue weighted by Gasteiger charge is -2.18. The Hall–Kier alpha value is -2.08. The van der Waals surface area contributed by atoms with Gasteiger partial charge in [-0.3, -0.25) is 4.98 Å². The number of nitrogens with one attached hydrogen (secondary N) is 1. The second-order valence-corrected chi connectivity index (χ2v) is 4.93. The van der Waals surface area contributed by atoms with Crippen LogP contribution in [0.25, 0.3) is 0 Å². The van der Waals surface area contributed by atoms with Crippen LogP contribution >= 0.6 is 0 Å². The topological polar surface area (TPSA) is 34.2 Å². The Morgan fingerprint density at radius 1 is 1.27 bits per heavy atom. The first-order chi connectivity index (χ1) is 10.5. The fourth-order valence-corrected chi connectivity index (χ4v) is 2.13. The molecule has 0 bridgehead atoms. The maximum absolute atomic E-state index is 13.2. The Balaban J connectivity index is 2.12. The Kier molecular flexibility index (Phi) is 5.38. The third-order valence-electron chi connectivity index (χ3n) is 3.35. The molecule has 0 spiro atoms. The van der Waals surface area contributed by atoms with Crippen molar-refractivity contribution in [2.24, 2.45) is 0 Å². The average molecular weight is 310 g/mol. The fourth-order valence-electron chi connectivity index (χ4n) is 2.13. The summed E-state index contributed by atoms with van der Waals surface area (Å²) in [5.74, 6) is -0.778. The smallest absolute Gasteiger partial charge is 0.387 e. The van der Waals surface area contributed by atoms with Gasteiger partial charge >= 0.3 is 6.61 Å². The minimum absolute atomic E-state index is 0.159. The van der Waals surface area contributed by atoms with Gasteiger partial charge in [0.25, 0.3) is 0 Å². The van der Waals surface area contributed by atoms with Gasteiger partial charge in [-0.2, -0.15) is 8.78 Å². The minimum atomic E-state index is -2.99. The van der Waals surface area contributed by atoms with E-state index in [4.69, 9.17) is 0 Å². The first-order valence-corrected chi connectivity index (χ1v) is 6.85. The lowest BCUT2D eigenvalue weighted by molar-refractivity contribution is -0.0508. The number of rotatable bonds is 6. The van der Waals surface area contributed by atoms with E-state index >= 15 is 0 Å². The molecule has 1 aromatic carbocycles. The predicted molar refractivity (Wildman–Crippen MR) is 77.3 cm³/mol. The molecule has 0 aliphatic rings. The quantitative estimate of drug-likeness (QED) is 0.876. The number of pyridine rings is 1. The van der Waals surface area contributed by atoms with Crippen molar-refractivity contribution in [2.45, 2.75) is 33.0 Å². The molecule has 0 aliphatic carbocycles. The van der Waals surface area contributed by atoms with Crippen LogP contribution in [-0.4, -0.2) is 11.6 Å². The summed E-state index contributed by atoms with van der Waals surface area (Å²) in [7, 11) is 0. The van der Waals surface area contributed by atoms with Crippen LogP contribution in [0.15, 0.2) is 36.5 Å². The lowest BCUT2D eigenvalue weighted by atomic mass is 10.1. The summed E-state index contributed by atoms with van der Waals surface area (Å²) in [5.41, 5.74) is 2.37. The van der Waals surface area contributed by atoms with Crippen molar-refractivity contribution < 1.29 is 17.9 Å². The van der Waals surface area contributed by atoms with E-state index in [0.29, 0.717) is 12.1 Å². The second kappa shape index (κ2) is 7.26. The largest absolute Gasteiger partial charge is 0.434 e. The summed E-state index contributed by atoms with van der Waals surface area (Å²) < 4.78 is 42.5. The number of nitrogens with zero attached hydrogens (tertiary/aromatic N) is 1. The molecule has 1 heterocycles. The van der Waals surface area contributed by atoms with Crippen LogP contribution in [0.5, 0.6) is 5.75 Å². The van der Waals surface area contributed by atoms with E-state index in [9.17, 15) is 13.2 Å². The van der Waals surface area contributed by atoms with E-state index in [0.717, 1.165) is 17.3 Å². The molecule has 0 saturated carbocycles. The molecule has 1 aromatic heterocycles. The van der Waals surface area contributed by atoms with Gasteiger partial charge in [0, 0.05) is 30.4 Å². The van der Waals surface area contributed by atoms with Crippen molar-refractivity contribution in [3.63, 3.8) is 0 Å². The molecule has 0 saturated heterocycles. The zero-order valence-corrected chi connectivity index (χ0v) is 12.3. The Morgan fingerprint density at radius 2 is 2.05 bits per heavy atom. The fraction of sp³-hybridized carbons (Fsp3) is 0.312. The molecular formula is C16H17F3N2O. The molecule has 1 atom stereocenters. The van der Waals surface area contributed by atoms with E-state index in [1.807, 2.05) is 19.1 Å². The molecular weight excluding hydrogens is 293 g/mol. The first kappa shape index (κ1) is 16.3. The Bertz CT molecular complexity index is 635. The third kappa shape index (κ3) is 4.21. The zero-order chi connectivity index (χ0) is 16.1. The normalized spacial score (nSPS) is 12.5. The van der Waals surface area contributed by atoms with E-state index in [1.54, 1.807) is 13.1 Å². The number of aryl methyl sites for hydroxylation is 1. The summed E-state index contributed by atoms with van der Waals surface area (Å²) in [6, 6.07) is 7.12. The molecule has 0 fully saturated rings. The molecule has 6 heteroatoms. The van der Waals surface area contributed by atoms with Crippen LogP contribution in [0.4, 0.5) is 13.2 Å². The highest BCUT2D eigenvalue weighted by Crippen LogP contribution is 2.27. The molecule has 1 N–H and O–H groups in total. The van der Waals surface area contributed by atoms with Gasteiger partial charge in [0.2, 0.25) is 0 Å². The molecule has 118 valence electrons. The van der Waals surface area contributed by atoms with Gasteiger partial charge in [0.1, 0.15) is 11.6 Å². The van der Waals surface area contributed by atoms with Crippen molar-refractivity contribution in [3.8, 4) is 5.75 Å². The predicted octanol–water partition coefficient (Wildman–Crippen LogP) is 3.98. The number of hydrogen-bond acceptors (Lipinski definition) is 3. The third-order valence-corrected chi connectivity index (χ3v) is 3.35. The van der Waals surface area contributed by atoms with Gasteiger partial charge in [-0.05, 0) is 31.5 Å². The van der Waals surface area contributed by atoms with Gasteiger partial charge in [-0.25, -0.2) is 4.39 Å². The van der Waals surface area contributed by atoms with Crippen molar-refractivity contribution in [1.82, 2.24) is 10.3 Å². The number of aromatic nitrogens is 1. The van der Waals surface area contributed by atoms with Crippen molar-refractivity contribution >= 4 is 0 Å². The average Bonchev–Trinajstić information content (AvgIpc) is 2.45. The van der Waals surface area contributed by atoms with Crippen LogP contribution in [0, 0.1) is 12.7 Å². The maximum atomic E-state index is 13.2. The molecule has 2 aromatic rings. The molecule has 2 rings (SSSR count). The van der Waals surface area contributed by atoms with E-state index in [1.165, 1.54) is 12.1 Å². The molecule has 0 aliphatic heterocycles. The summed E-state index contributed by atoms with van der Waals surface area (Å²) in [6.45, 7) is 1.21. The highest BCUT2D eigenvalue weighted by Gasteiger charge is 2.16. The number of halogens is 3. The number of alkyl halides is 2. The molecule has 0 amide bonds. The van der Waals surface area contributed by atoms with Crippen molar-refractivity contribution in [3.05, 3.63) is 59.2 Å². The molecule has 3 nitrogen and oxygen atoms in total. The van der Waals surface area contributed by atoms with Gasteiger partial charge in [-0.15, -0.1) is 0 Å². The number of benzene rings is 1. The first-order valence-electron chi connectivity index (χ1n) is 6.85. The van der Waals surface area contributed by atoms with Crippen LogP contribution in [0.2, 0.25) is 0 Å². The van der Waals surface area contributed by atoms with Crippen molar-refractivity contribution in [1.29, 1.82) is 0 Å². The standard InChI is InChI=1S/C16H17F3N2O/c1-10-4-3-7-20-14(10)9-21-11(2)13-6-5-12(17)8-15(13)22-16(18)19/h3-8,11,16,21H,9H2,1-2H3. The number of ether oxygens (including phenoxy) is 1. The van der Waals surface area contributed by atoms with Gasteiger partial charge in [0.05, 0.1) is 5.69 Å². The Labute approximate surface area is 127 Å². The van der Waals surface area contributed by atoms with Gasteiger partial charge < -0.3 is 10.1 Å². The summed E-state index contributed by atoms with van der Waals surface area (Å²) in [6.07, 6.45) is 1.69. The summed E-state index contributed by atoms with van der Waals surface area (Å²) in [5, 5.41) is 3.18. The SMILES string of the molecule is Cc1cccnc1CNC(C)c1ccc(F)cc1OC(F)F.